The zero-order valence-electron chi connectivity index (χ0n) is 20.6. The molecule has 4 rings (SSSR count). The van der Waals surface area contributed by atoms with Gasteiger partial charge >= 0.3 is 0 Å². The zero-order chi connectivity index (χ0) is 23.6. The predicted octanol–water partition coefficient (Wildman–Crippen LogP) is 9.38. The lowest BCUT2D eigenvalue weighted by Crippen LogP contribution is -2.03. The second-order valence-electron chi connectivity index (χ2n) is 9.00. The molecule has 0 heterocycles. The molecule has 0 aliphatic carbocycles. The van der Waals surface area contributed by atoms with Crippen molar-refractivity contribution in [3.05, 3.63) is 143 Å². The van der Waals surface area contributed by atoms with Gasteiger partial charge in [-0.2, -0.15) is 0 Å². The Morgan fingerprint density at radius 2 is 0.794 bits per heavy atom. The molecule has 0 bridgehead atoms. The SMILES string of the molecule is CCCCc1ccccc1C(=C(c1ccccc1)c1ccccc1CCCC)c1ccccc1. The number of hydrogen-bond donors (Lipinski definition) is 0. The molecule has 34 heavy (non-hydrogen) atoms. The smallest absolute Gasteiger partial charge is 0.00239 e. The van der Waals surface area contributed by atoms with Crippen molar-refractivity contribution in [1.82, 2.24) is 0 Å². The van der Waals surface area contributed by atoms with Crippen LogP contribution in [0.2, 0.25) is 0 Å². The van der Waals surface area contributed by atoms with Crippen molar-refractivity contribution in [2.75, 3.05) is 0 Å². The van der Waals surface area contributed by atoms with E-state index in [-0.39, 0.29) is 0 Å². The number of unbranched alkanes of at least 4 members (excludes halogenated alkanes) is 2. The highest BCUT2D eigenvalue weighted by atomic mass is 14.2. The Balaban J connectivity index is 2.08. The van der Waals surface area contributed by atoms with E-state index in [4.69, 9.17) is 0 Å². The Hall–Kier alpha value is -3.38. The number of aryl methyl sites for hydroxylation is 2. The summed E-state index contributed by atoms with van der Waals surface area (Å²) in [5.41, 5.74) is 10.8. The highest BCUT2D eigenvalue weighted by molar-refractivity contribution is 6.05. The van der Waals surface area contributed by atoms with Gasteiger partial charge in [-0.1, -0.05) is 136 Å². The van der Waals surface area contributed by atoms with Crippen LogP contribution in [0.25, 0.3) is 11.1 Å². The second kappa shape index (κ2) is 12.2. The Kier molecular flexibility index (Phi) is 8.52. The van der Waals surface area contributed by atoms with Crippen molar-refractivity contribution in [2.45, 2.75) is 52.4 Å². The lowest BCUT2D eigenvalue weighted by atomic mass is 9.81. The van der Waals surface area contributed by atoms with Crippen molar-refractivity contribution in [2.24, 2.45) is 0 Å². The molecule has 0 radical (unpaired) electrons. The summed E-state index contributed by atoms with van der Waals surface area (Å²) in [7, 11) is 0. The predicted molar refractivity (Wildman–Crippen MR) is 148 cm³/mol. The van der Waals surface area contributed by atoms with Crippen molar-refractivity contribution < 1.29 is 0 Å². The second-order valence-corrected chi connectivity index (χ2v) is 9.00. The van der Waals surface area contributed by atoms with E-state index in [1.54, 1.807) is 0 Å². The first-order valence-corrected chi connectivity index (χ1v) is 12.8. The summed E-state index contributed by atoms with van der Waals surface area (Å²) >= 11 is 0. The van der Waals surface area contributed by atoms with Crippen LogP contribution in [0.4, 0.5) is 0 Å². The largest absolute Gasteiger partial charge is 0.0654 e. The fourth-order valence-electron chi connectivity index (χ4n) is 4.78. The molecule has 0 saturated carbocycles. The molecule has 0 aliphatic heterocycles. The van der Waals surface area contributed by atoms with Crippen LogP contribution in [0.1, 0.15) is 72.9 Å². The van der Waals surface area contributed by atoms with Crippen LogP contribution in [-0.4, -0.2) is 0 Å². The Morgan fingerprint density at radius 1 is 0.441 bits per heavy atom. The summed E-state index contributed by atoms with van der Waals surface area (Å²) in [5.74, 6) is 0. The number of hydrogen-bond acceptors (Lipinski definition) is 0. The van der Waals surface area contributed by atoms with E-state index in [2.05, 4.69) is 123 Å². The average Bonchev–Trinajstić information content (AvgIpc) is 2.91. The highest BCUT2D eigenvalue weighted by Gasteiger charge is 2.20. The summed E-state index contributed by atoms with van der Waals surface area (Å²) in [6, 6.07) is 40.0. The summed E-state index contributed by atoms with van der Waals surface area (Å²) in [6.45, 7) is 4.55. The van der Waals surface area contributed by atoms with Crippen LogP contribution >= 0.6 is 0 Å². The van der Waals surface area contributed by atoms with Gasteiger partial charge in [0, 0.05) is 0 Å². The minimum absolute atomic E-state index is 1.10. The van der Waals surface area contributed by atoms with E-state index in [1.807, 2.05) is 0 Å². The molecule has 0 spiro atoms. The Morgan fingerprint density at radius 3 is 1.18 bits per heavy atom. The molecule has 0 amide bonds. The van der Waals surface area contributed by atoms with Gasteiger partial charge in [-0.3, -0.25) is 0 Å². The lowest BCUT2D eigenvalue weighted by Gasteiger charge is -2.22. The van der Waals surface area contributed by atoms with Gasteiger partial charge in [0.25, 0.3) is 0 Å². The topological polar surface area (TPSA) is 0 Å². The van der Waals surface area contributed by atoms with Crippen LogP contribution < -0.4 is 0 Å². The quantitative estimate of drug-likeness (QED) is 0.214. The van der Waals surface area contributed by atoms with E-state index in [1.165, 1.54) is 70.2 Å². The highest BCUT2D eigenvalue weighted by Crippen LogP contribution is 2.39. The third kappa shape index (κ3) is 5.57. The molecular weight excluding hydrogens is 408 g/mol. The monoisotopic (exact) mass is 444 g/mol. The molecule has 0 N–H and O–H groups in total. The van der Waals surface area contributed by atoms with E-state index in [9.17, 15) is 0 Å². The molecule has 4 aromatic rings. The summed E-state index contributed by atoms with van der Waals surface area (Å²) in [4.78, 5) is 0. The maximum absolute atomic E-state index is 2.32. The maximum atomic E-state index is 2.32. The molecule has 4 aromatic carbocycles. The summed E-state index contributed by atoms with van der Waals surface area (Å²) in [6.07, 6.45) is 7.00. The van der Waals surface area contributed by atoms with Crippen LogP contribution in [0, 0.1) is 0 Å². The van der Waals surface area contributed by atoms with E-state index in [0.717, 1.165) is 12.8 Å². The van der Waals surface area contributed by atoms with E-state index < -0.39 is 0 Å². The van der Waals surface area contributed by atoms with Crippen LogP contribution in [-0.2, 0) is 12.8 Å². The maximum Gasteiger partial charge on any atom is -0.00239 e. The van der Waals surface area contributed by atoms with Crippen LogP contribution in [0.5, 0.6) is 0 Å². The van der Waals surface area contributed by atoms with Crippen LogP contribution in [0.15, 0.2) is 109 Å². The Bertz CT molecular complexity index is 1100. The van der Waals surface area contributed by atoms with Gasteiger partial charge < -0.3 is 0 Å². The molecule has 0 saturated heterocycles. The van der Waals surface area contributed by atoms with Gasteiger partial charge in [-0.05, 0) is 70.2 Å². The molecule has 0 aliphatic rings. The molecule has 0 aromatic heterocycles. The van der Waals surface area contributed by atoms with Crippen molar-refractivity contribution >= 4 is 11.1 Å². The van der Waals surface area contributed by atoms with Gasteiger partial charge in [0.05, 0.1) is 0 Å². The third-order valence-electron chi connectivity index (χ3n) is 6.55. The normalized spacial score (nSPS) is 11.8. The molecule has 0 unspecified atom stereocenters. The van der Waals surface area contributed by atoms with Gasteiger partial charge in [-0.15, -0.1) is 0 Å². The van der Waals surface area contributed by atoms with Gasteiger partial charge in [0.1, 0.15) is 0 Å². The van der Waals surface area contributed by atoms with Gasteiger partial charge in [-0.25, -0.2) is 0 Å². The van der Waals surface area contributed by atoms with E-state index in [0.29, 0.717) is 0 Å². The molecule has 0 heteroatoms. The first-order chi connectivity index (χ1) is 16.8. The number of benzene rings is 4. The first kappa shape index (κ1) is 23.8. The van der Waals surface area contributed by atoms with Crippen LogP contribution in [0.3, 0.4) is 0 Å². The average molecular weight is 445 g/mol. The fourth-order valence-corrected chi connectivity index (χ4v) is 4.78. The minimum atomic E-state index is 1.10. The van der Waals surface area contributed by atoms with Crippen molar-refractivity contribution in [1.29, 1.82) is 0 Å². The van der Waals surface area contributed by atoms with Gasteiger partial charge in [0.15, 0.2) is 0 Å². The zero-order valence-corrected chi connectivity index (χ0v) is 20.6. The van der Waals surface area contributed by atoms with Crippen molar-refractivity contribution in [3.63, 3.8) is 0 Å². The minimum Gasteiger partial charge on any atom is -0.0654 e. The number of rotatable bonds is 10. The van der Waals surface area contributed by atoms with Gasteiger partial charge in [0.2, 0.25) is 0 Å². The van der Waals surface area contributed by atoms with Crippen molar-refractivity contribution in [3.8, 4) is 0 Å². The lowest BCUT2D eigenvalue weighted by molar-refractivity contribution is 0.793. The Labute approximate surface area is 206 Å². The van der Waals surface area contributed by atoms with E-state index >= 15 is 0 Å². The molecular formula is C34H36. The molecule has 172 valence electrons. The fraction of sp³-hybridized carbons (Fsp3) is 0.235. The molecule has 0 fully saturated rings. The molecule has 0 nitrogen and oxygen atoms in total. The standard InChI is InChI=1S/C34H36/c1-3-5-17-27-19-13-15-25-31(27)33(29-21-9-7-10-22-29)34(30-23-11-8-12-24-30)32-26-16-14-20-28(32)18-6-4-2/h7-16,19-26H,3-6,17-18H2,1-2H3. The summed E-state index contributed by atoms with van der Waals surface area (Å²) in [5, 5.41) is 0. The third-order valence-corrected chi connectivity index (χ3v) is 6.55. The molecule has 0 atom stereocenters. The summed E-state index contributed by atoms with van der Waals surface area (Å²) < 4.78 is 0. The first-order valence-electron chi connectivity index (χ1n) is 12.8.